The first kappa shape index (κ1) is 15.0. The van der Waals surface area contributed by atoms with Crippen molar-refractivity contribution in [3.63, 3.8) is 0 Å². The van der Waals surface area contributed by atoms with Gasteiger partial charge < -0.3 is 10.6 Å². The molecule has 1 aromatic rings. The van der Waals surface area contributed by atoms with Crippen LogP contribution in [0.4, 0.5) is 5.13 Å². The van der Waals surface area contributed by atoms with Crippen molar-refractivity contribution in [3.8, 4) is 0 Å². The molecule has 1 saturated carbocycles. The van der Waals surface area contributed by atoms with Gasteiger partial charge in [0.2, 0.25) is 5.91 Å². The minimum absolute atomic E-state index is 0.183. The van der Waals surface area contributed by atoms with Crippen molar-refractivity contribution >= 4 is 22.4 Å². The van der Waals surface area contributed by atoms with E-state index >= 15 is 0 Å². The highest BCUT2D eigenvalue weighted by atomic mass is 32.1. The van der Waals surface area contributed by atoms with Crippen LogP contribution in [0.2, 0.25) is 0 Å². The Kier molecular flexibility index (Phi) is 5.25. The average Bonchev–Trinajstić information content (AvgIpc) is 2.81. The van der Waals surface area contributed by atoms with Gasteiger partial charge in [0.25, 0.3) is 0 Å². The molecular weight excluding hydrogens is 282 g/mol. The summed E-state index contributed by atoms with van der Waals surface area (Å²) < 4.78 is 0. The van der Waals surface area contributed by atoms with Gasteiger partial charge in [-0.05, 0) is 44.7 Å². The molecule has 0 aromatic carbocycles. The van der Waals surface area contributed by atoms with Gasteiger partial charge in [0.05, 0.1) is 0 Å². The molecule has 0 bridgehead atoms. The van der Waals surface area contributed by atoms with E-state index in [0.29, 0.717) is 5.92 Å². The number of piperidine rings is 1. The van der Waals surface area contributed by atoms with Gasteiger partial charge >= 0.3 is 0 Å². The Labute approximate surface area is 130 Å². The lowest BCUT2D eigenvalue weighted by Crippen LogP contribution is -2.26. The highest BCUT2D eigenvalue weighted by Crippen LogP contribution is 2.32. The topological polar surface area (TPSA) is 54.0 Å². The molecule has 4 nitrogen and oxygen atoms in total. The standard InChI is InChI=1S/C16H25N3OS/c20-15(13-5-3-1-2-4-6-13)19-16-18-11-14(21-16)12-7-9-17-10-8-12/h11-13,17H,1-10H2,(H,18,19,20). The molecule has 21 heavy (non-hydrogen) atoms. The molecule has 1 aliphatic carbocycles. The molecule has 1 aromatic heterocycles. The van der Waals surface area contributed by atoms with Gasteiger partial charge in [-0.3, -0.25) is 4.79 Å². The fourth-order valence-electron chi connectivity index (χ4n) is 3.39. The molecule has 0 unspecified atom stereocenters. The summed E-state index contributed by atoms with van der Waals surface area (Å²) in [5.41, 5.74) is 0. The van der Waals surface area contributed by atoms with Gasteiger partial charge in [-0.2, -0.15) is 0 Å². The van der Waals surface area contributed by atoms with E-state index in [9.17, 15) is 4.79 Å². The smallest absolute Gasteiger partial charge is 0.229 e. The number of carbonyl (C=O) groups excluding carboxylic acids is 1. The Morgan fingerprint density at radius 3 is 2.57 bits per heavy atom. The molecule has 5 heteroatoms. The van der Waals surface area contributed by atoms with Gasteiger partial charge in [-0.15, -0.1) is 11.3 Å². The number of nitrogens with one attached hydrogen (secondary N) is 2. The van der Waals surface area contributed by atoms with E-state index in [-0.39, 0.29) is 11.8 Å². The van der Waals surface area contributed by atoms with Crippen molar-refractivity contribution < 1.29 is 4.79 Å². The molecule has 0 atom stereocenters. The third-order valence-corrected chi connectivity index (χ3v) is 5.80. The zero-order valence-electron chi connectivity index (χ0n) is 12.6. The van der Waals surface area contributed by atoms with Crippen LogP contribution in [-0.2, 0) is 4.79 Å². The van der Waals surface area contributed by atoms with Gasteiger partial charge in [0.1, 0.15) is 0 Å². The normalized spacial score (nSPS) is 21.9. The van der Waals surface area contributed by atoms with Crippen molar-refractivity contribution in [1.29, 1.82) is 0 Å². The van der Waals surface area contributed by atoms with Gasteiger partial charge in [0, 0.05) is 17.0 Å². The van der Waals surface area contributed by atoms with Crippen LogP contribution in [0.25, 0.3) is 0 Å². The molecule has 116 valence electrons. The highest BCUT2D eigenvalue weighted by molar-refractivity contribution is 7.15. The van der Waals surface area contributed by atoms with E-state index < -0.39 is 0 Å². The Morgan fingerprint density at radius 2 is 1.86 bits per heavy atom. The summed E-state index contributed by atoms with van der Waals surface area (Å²) in [5.74, 6) is 0.995. The van der Waals surface area contributed by atoms with E-state index in [4.69, 9.17) is 0 Å². The van der Waals surface area contributed by atoms with Crippen LogP contribution >= 0.6 is 11.3 Å². The van der Waals surface area contributed by atoms with Gasteiger partial charge in [0.15, 0.2) is 5.13 Å². The number of hydrogen-bond donors (Lipinski definition) is 2. The molecule has 3 rings (SSSR count). The largest absolute Gasteiger partial charge is 0.317 e. The second-order valence-electron chi connectivity index (χ2n) is 6.27. The number of aromatic nitrogens is 1. The Balaban J connectivity index is 1.57. The highest BCUT2D eigenvalue weighted by Gasteiger charge is 2.22. The number of nitrogens with zero attached hydrogens (tertiary/aromatic N) is 1. The fraction of sp³-hybridized carbons (Fsp3) is 0.750. The van der Waals surface area contributed by atoms with Crippen LogP contribution in [0.5, 0.6) is 0 Å². The maximum absolute atomic E-state index is 12.4. The number of hydrogen-bond acceptors (Lipinski definition) is 4. The zero-order valence-corrected chi connectivity index (χ0v) is 13.4. The Bertz CT molecular complexity index is 460. The monoisotopic (exact) mass is 307 g/mol. The van der Waals surface area contributed by atoms with Crippen molar-refractivity contribution in [2.24, 2.45) is 5.92 Å². The van der Waals surface area contributed by atoms with Crippen molar-refractivity contribution in [1.82, 2.24) is 10.3 Å². The maximum Gasteiger partial charge on any atom is 0.229 e. The molecule has 0 spiro atoms. The lowest BCUT2D eigenvalue weighted by atomic mass is 9.97. The summed E-state index contributed by atoms with van der Waals surface area (Å²) in [4.78, 5) is 18.1. The quantitative estimate of drug-likeness (QED) is 0.840. The second-order valence-corrected chi connectivity index (χ2v) is 7.33. The minimum atomic E-state index is 0.183. The first-order valence-electron chi connectivity index (χ1n) is 8.30. The molecule has 0 radical (unpaired) electrons. The Hall–Kier alpha value is -0.940. The van der Waals surface area contributed by atoms with Crippen molar-refractivity contribution in [2.75, 3.05) is 18.4 Å². The van der Waals surface area contributed by atoms with Crippen LogP contribution in [0.1, 0.15) is 62.2 Å². The van der Waals surface area contributed by atoms with Gasteiger partial charge in [-0.25, -0.2) is 4.98 Å². The summed E-state index contributed by atoms with van der Waals surface area (Å²) in [6.07, 6.45) is 11.3. The lowest BCUT2D eigenvalue weighted by Gasteiger charge is -2.20. The number of rotatable bonds is 3. The van der Waals surface area contributed by atoms with Crippen LogP contribution in [-0.4, -0.2) is 24.0 Å². The predicted octanol–water partition coefficient (Wildman–Crippen LogP) is 3.52. The lowest BCUT2D eigenvalue weighted by molar-refractivity contribution is -0.120. The van der Waals surface area contributed by atoms with Crippen LogP contribution in [0.3, 0.4) is 0 Å². The summed E-state index contributed by atoms with van der Waals surface area (Å²) in [6, 6.07) is 0. The fourth-order valence-corrected chi connectivity index (χ4v) is 4.38. The summed E-state index contributed by atoms with van der Waals surface area (Å²) in [7, 11) is 0. The number of carbonyl (C=O) groups is 1. The van der Waals surface area contributed by atoms with Crippen LogP contribution in [0, 0.1) is 5.92 Å². The molecule has 1 aliphatic heterocycles. The average molecular weight is 307 g/mol. The number of amides is 1. The number of thiazole rings is 1. The minimum Gasteiger partial charge on any atom is -0.317 e. The van der Waals surface area contributed by atoms with E-state index in [1.54, 1.807) is 11.3 Å². The first-order chi connectivity index (χ1) is 10.3. The van der Waals surface area contributed by atoms with E-state index in [1.165, 1.54) is 43.4 Å². The maximum atomic E-state index is 12.4. The second kappa shape index (κ2) is 7.36. The third kappa shape index (κ3) is 4.04. The molecular formula is C16H25N3OS. The van der Waals surface area contributed by atoms with Crippen LogP contribution in [0.15, 0.2) is 6.20 Å². The van der Waals surface area contributed by atoms with Crippen molar-refractivity contribution in [3.05, 3.63) is 11.1 Å². The predicted molar refractivity (Wildman–Crippen MR) is 86.8 cm³/mol. The first-order valence-corrected chi connectivity index (χ1v) is 9.12. The molecule has 2 fully saturated rings. The Morgan fingerprint density at radius 1 is 1.14 bits per heavy atom. The van der Waals surface area contributed by atoms with Crippen molar-refractivity contribution in [2.45, 2.75) is 57.3 Å². The van der Waals surface area contributed by atoms with E-state index in [0.717, 1.165) is 31.1 Å². The molecule has 1 amide bonds. The van der Waals surface area contributed by atoms with E-state index in [1.807, 2.05) is 6.20 Å². The molecule has 1 saturated heterocycles. The molecule has 2 aliphatic rings. The van der Waals surface area contributed by atoms with Crippen LogP contribution < -0.4 is 10.6 Å². The third-order valence-electron chi connectivity index (χ3n) is 4.72. The van der Waals surface area contributed by atoms with E-state index in [2.05, 4.69) is 15.6 Å². The number of anilines is 1. The zero-order chi connectivity index (χ0) is 14.5. The molecule has 2 heterocycles. The summed E-state index contributed by atoms with van der Waals surface area (Å²) in [6.45, 7) is 2.18. The SMILES string of the molecule is O=C(Nc1ncc(C2CCNCC2)s1)C1CCCCCC1. The molecule has 2 N–H and O–H groups in total. The summed E-state index contributed by atoms with van der Waals surface area (Å²) >= 11 is 1.67. The van der Waals surface area contributed by atoms with Gasteiger partial charge in [-0.1, -0.05) is 25.7 Å². The summed E-state index contributed by atoms with van der Waals surface area (Å²) in [5, 5.41) is 7.23.